The molecule has 0 bridgehead atoms. The third-order valence-corrected chi connectivity index (χ3v) is 3.52. The molecule has 0 aliphatic carbocycles. The number of para-hydroxylation sites is 2. The highest BCUT2D eigenvalue weighted by Gasteiger charge is 2.19. The van der Waals surface area contributed by atoms with Crippen LogP contribution in [0.15, 0.2) is 24.3 Å². The second-order valence-corrected chi connectivity index (χ2v) is 5.37. The number of nitrogens with two attached hydrogens (primary N) is 1. The average Bonchev–Trinajstić information content (AvgIpc) is 2.74. The molecule has 0 saturated carbocycles. The summed E-state index contributed by atoms with van der Waals surface area (Å²) in [6, 6.07) is 8.15. The fourth-order valence-electron chi connectivity index (χ4n) is 2.24. The highest BCUT2D eigenvalue weighted by atomic mass is 16.3. The van der Waals surface area contributed by atoms with Gasteiger partial charge < -0.3 is 15.4 Å². The maximum absolute atomic E-state index is 10.1. The summed E-state index contributed by atoms with van der Waals surface area (Å²) in [5.74, 6) is 1.09. The molecule has 1 atom stereocenters. The van der Waals surface area contributed by atoms with Crippen LogP contribution in [0.3, 0.4) is 0 Å². The molecular formula is C15H23N3O. The van der Waals surface area contributed by atoms with E-state index in [1.807, 2.05) is 18.2 Å². The topological polar surface area (TPSA) is 64.1 Å². The Morgan fingerprint density at radius 1 is 1.37 bits per heavy atom. The van der Waals surface area contributed by atoms with Crippen LogP contribution in [-0.2, 0) is 13.0 Å². The molecule has 1 aromatic heterocycles. The molecule has 4 heteroatoms. The van der Waals surface area contributed by atoms with E-state index >= 15 is 0 Å². The van der Waals surface area contributed by atoms with Gasteiger partial charge in [-0.05, 0) is 31.9 Å². The predicted octanol–water partition coefficient (Wildman–Crippen LogP) is 2.09. The van der Waals surface area contributed by atoms with Gasteiger partial charge >= 0.3 is 0 Å². The van der Waals surface area contributed by atoms with Gasteiger partial charge in [-0.3, -0.25) is 0 Å². The maximum Gasteiger partial charge on any atom is 0.109 e. The smallest absolute Gasteiger partial charge is 0.109 e. The van der Waals surface area contributed by atoms with Gasteiger partial charge in [-0.2, -0.15) is 0 Å². The standard InChI is InChI=1S/C15H23N3O/c1-3-6-14-17-12-7-4-5-8-13(12)18(14)10-9-15(2,19)11-16/h4-5,7-8,19H,3,6,9-11,16H2,1-2H3. The Morgan fingerprint density at radius 3 is 2.79 bits per heavy atom. The van der Waals surface area contributed by atoms with Crippen molar-refractivity contribution in [2.45, 2.75) is 45.3 Å². The second-order valence-electron chi connectivity index (χ2n) is 5.37. The number of imidazole rings is 1. The van der Waals surface area contributed by atoms with E-state index in [-0.39, 0.29) is 6.54 Å². The monoisotopic (exact) mass is 261 g/mol. The van der Waals surface area contributed by atoms with Crippen LogP contribution in [0.25, 0.3) is 11.0 Å². The average molecular weight is 261 g/mol. The van der Waals surface area contributed by atoms with E-state index in [1.165, 1.54) is 0 Å². The van der Waals surface area contributed by atoms with Crippen molar-refractivity contribution in [3.63, 3.8) is 0 Å². The van der Waals surface area contributed by atoms with E-state index in [0.29, 0.717) is 6.42 Å². The molecule has 2 rings (SSSR count). The first-order chi connectivity index (χ1) is 9.07. The van der Waals surface area contributed by atoms with Crippen molar-refractivity contribution in [2.24, 2.45) is 5.73 Å². The summed E-state index contributed by atoms with van der Waals surface area (Å²) >= 11 is 0. The lowest BCUT2D eigenvalue weighted by Crippen LogP contribution is -2.35. The number of aromatic nitrogens is 2. The molecular weight excluding hydrogens is 238 g/mol. The Hall–Kier alpha value is -1.39. The molecule has 1 heterocycles. The summed E-state index contributed by atoms with van der Waals surface area (Å²) in [6.07, 6.45) is 2.66. The van der Waals surface area contributed by atoms with Crippen LogP contribution in [-0.4, -0.2) is 26.8 Å². The quantitative estimate of drug-likeness (QED) is 0.837. The first kappa shape index (κ1) is 14.0. The Morgan fingerprint density at radius 2 is 2.11 bits per heavy atom. The molecule has 1 unspecified atom stereocenters. The fraction of sp³-hybridized carbons (Fsp3) is 0.533. The molecule has 19 heavy (non-hydrogen) atoms. The molecule has 0 aliphatic rings. The summed E-state index contributed by atoms with van der Waals surface area (Å²) in [5.41, 5.74) is 6.93. The number of hydrogen-bond acceptors (Lipinski definition) is 3. The molecule has 0 radical (unpaired) electrons. The van der Waals surface area contributed by atoms with Gasteiger partial charge in [0, 0.05) is 19.5 Å². The minimum absolute atomic E-state index is 0.280. The van der Waals surface area contributed by atoms with Gasteiger partial charge in [0.2, 0.25) is 0 Å². The lowest BCUT2D eigenvalue weighted by molar-refractivity contribution is 0.0555. The third-order valence-electron chi connectivity index (χ3n) is 3.52. The fourth-order valence-corrected chi connectivity index (χ4v) is 2.24. The highest BCUT2D eigenvalue weighted by Crippen LogP contribution is 2.19. The lowest BCUT2D eigenvalue weighted by Gasteiger charge is -2.21. The van der Waals surface area contributed by atoms with Crippen molar-refractivity contribution in [1.29, 1.82) is 0 Å². The van der Waals surface area contributed by atoms with E-state index < -0.39 is 5.60 Å². The van der Waals surface area contributed by atoms with E-state index in [2.05, 4.69) is 22.5 Å². The van der Waals surface area contributed by atoms with Crippen molar-refractivity contribution in [1.82, 2.24) is 9.55 Å². The van der Waals surface area contributed by atoms with Crippen molar-refractivity contribution >= 4 is 11.0 Å². The number of benzene rings is 1. The number of hydrogen-bond donors (Lipinski definition) is 2. The van der Waals surface area contributed by atoms with E-state index in [0.717, 1.165) is 36.2 Å². The Balaban J connectivity index is 2.31. The highest BCUT2D eigenvalue weighted by molar-refractivity contribution is 5.75. The molecule has 1 aromatic carbocycles. The number of rotatable bonds is 6. The molecule has 104 valence electrons. The van der Waals surface area contributed by atoms with Gasteiger partial charge in [0.1, 0.15) is 5.82 Å². The number of fused-ring (bicyclic) bond motifs is 1. The van der Waals surface area contributed by atoms with E-state index in [1.54, 1.807) is 6.92 Å². The van der Waals surface area contributed by atoms with Crippen LogP contribution in [0.1, 0.15) is 32.5 Å². The Bertz CT molecular complexity index is 545. The Labute approximate surface area is 114 Å². The molecule has 0 fully saturated rings. The first-order valence-electron chi connectivity index (χ1n) is 6.94. The number of aryl methyl sites for hydroxylation is 2. The molecule has 0 spiro atoms. The van der Waals surface area contributed by atoms with Gasteiger partial charge in [-0.15, -0.1) is 0 Å². The van der Waals surface area contributed by atoms with Crippen LogP contribution in [0.5, 0.6) is 0 Å². The summed E-state index contributed by atoms with van der Waals surface area (Å²) in [7, 11) is 0. The molecule has 0 amide bonds. The van der Waals surface area contributed by atoms with Crippen LogP contribution in [0.4, 0.5) is 0 Å². The SMILES string of the molecule is CCCc1nc2ccccc2n1CCC(C)(O)CN. The van der Waals surface area contributed by atoms with Gasteiger partial charge in [0.05, 0.1) is 16.6 Å². The zero-order chi connectivity index (χ0) is 13.9. The minimum atomic E-state index is -0.811. The first-order valence-corrected chi connectivity index (χ1v) is 6.94. The van der Waals surface area contributed by atoms with Crippen LogP contribution in [0.2, 0.25) is 0 Å². The summed E-state index contributed by atoms with van der Waals surface area (Å²) in [4.78, 5) is 4.68. The van der Waals surface area contributed by atoms with Crippen molar-refractivity contribution in [3.05, 3.63) is 30.1 Å². The van der Waals surface area contributed by atoms with Gasteiger partial charge in [-0.25, -0.2) is 4.98 Å². The van der Waals surface area contributed by atoms with Crippen LogP contribution in [0, 0.1) is 0 Å². The van der Waals surface area contributed by atoms with Crippen molar-refractivity contribution in [2.75, 3.05) is 6.54 Å². The molecule has 2 aromatic rings. The predicted molar refractivity (Wildman–Crippen MR) is 78.0 cm³/mol. The van der Waals surface area contributed by atoms with Crippen molar-refractivity contribution in [3.8, 4) is 0 Å². The molecule has 3 N–H and O–H groups in total. The third kappa shape index (κ3) is 3.14. The zero-order valence-corrected chi connectivity index (χ0v) is 11.8. The van der Waals surface area contributed by atoms with Crippen LogP contribution >= 0.6 is 0 Å². The number of aliphatic hydroxyl groups is 1. The maximum atomic E-state index is 10.1. The van der Waals surface area contributed by atoms with Gasteiger partial charge in [0.25, 0.3) is 0 Å². The summed E-state index contributed by atoms with van der Waals surface area (Å²) in [5, 5.41) is 10.1. The normalized spacial score (nSPS) is 14.7. The summed E-state index contributed by atoms with van der Waals surface area (Å²) < 4.78 is 2.21. The number of nitrogens with zero attached hydrogens (tertiary/aromatic N) is 2. The Kier molecular flexibility index (Phi) is 4.22. The largest absolute Gasteiger partial charge is 0.389 e. The summed E-state index contributed by atoms with van der Waals surface area (Å²) in [6.45, 7) is 4.97. The molecule has 0 saturated heterocycles. The van der Waals surface area contributed by atoms with Crippen LogP contribution < -0.4 is 5.73 Å². The second kappa shape index (κ2) is 5.72. The minimum Gasteiger partial charge on any atom is -0.389 e. The van der Waals surface area contributed by atoms with Gasteiger partial charge in [0.15, 0.2) is 0 Å². The lowest BCUT2D eigenvalue weighted by atomic mass is 10.0. The van der Waals surface area contributed by atoms with Crippen molar-refractivity contribution < 1.29 is 5.11 Å². The molecule has 4 nitrogen and oxygen atoms in total. The zero-order valence-electron chi connectivity index (χ0n) is 11.8. The molecule has 0 aliphatic heterocycles. The van der Waals surface area contributed by atoms with Gasteiger partial charge in [-0.1, -0.05) is 19.1 Å². The van der Waals surface area contributed by atoms with E-state index in [9.17, 15) is 5.11 Å². The van der Waals surface area contributed by atoms with E-state index in [4.69, 9.17) is 5.73 Å².